The van der Waals surface area contributed by atoms with Crippen LogP contribution < -0.4 is 4.74 Å². The van der Waals surface area contributed by atoms with Crippen molar-refractivity contribution in [3.05, 3.63) is 51.7 Å². The van der Waals surface area contributed by atoms with Gasteiger partial charge in [-0.3, -0.25) is 0 Å². The third-order valence-electron chi connectivity index (χ3n) is 2.94. The number of halogens is 3. The monoisotopic (exact) mass is 484 g/mol. The summed E-state index contributed by atoms with van der Waals surface area (Å²) in [6.07, 6.45) is 2.64. The molecule has 6 nitrogen and oxygen atoms in total. The van der Waals surface area contributed by atoms with E-state index in [0.717, 1.165) is 15.3 Å². The second-order valence-electron chi connectivity index (χ2n) is 4.83. The molecule has 136 valence electrons. The number of aromatic nitrogens is 2. The van der Waals surface area contributed by atoms with Crippen LogP contribution in [0.15, 0.2) is 55.7 Å². The fourth-order valence-electron chi connectivity index (χ4n) is 1.86. The second kappa shape index (κ2) is 10.1. The average molecular weight is 486 g/mol. The van der Waals surface area contributed by atoms with Crippen LogP contribution in [-0.4, -0.2) is 35.9 Å². The van der Waals surface area contributed by atoms with Gasteiger partial charge in [-0.2, -0.15) is 4.39 Å². The van der Waals surface area contributed by atoms with Crippen LogP contribution in [0.3, 0.4) is 0 Å². The molecule has 0 aliphatic rings. The van der Waals surface area contributed by atoms with Crippen molar-refractivity contribution < 1.29 is 13.9 Å². The van der Waals surface area contributed by atoms with Gasteiger partial charge in [-0.1, -0.05) is 44.0 Å². The molecule has 0 radical (unpaired) electrons. The second-order valence-corrected chi connectivity index (χ2v) is 7.00. The largest absolute Gasteiger partial charge is 0.473 e. The molecule has 0 saturated carbocycles. The zero-order valence-corrected chi connectivity index (χ0v) is 17.0. The molecule has 0 aliphatic heterocycles. The molecule has 0 unspecified atom stereocenters. The molecule has 1 aromatic carbocycles. The Balaban J connectivity index is 2.05. The summed E-state index contributed by atoms with van der Waals surface area (Å²) in [5, 5.41) is 0. The zero-order valence-electron chi connectivity index (χ0n) is 13.8. The summed E-state index contributed by atoms with van der Waals surface area (Å²) in [4.78, 5) is 15.3. The lowest BCUT2D eigenvalue weighted by atomic mass is 10.1. The molecule has 9 heteroatoms. The van der Waals surface area contributed by atoms with Gasteiger partial charge in [-0.25, -0.2) is 20.0 Å². The lowest BCUT2D eigenvalue weighted by Gasteiger charge is -2.11. The van der Waals surface area contributed by atoms with E-state index in [4.69, 9.17) is 9.47 Å². The van der Waals surface area contributed by atoms with E-state index in [-0.39, 0.29) is 30.7 Å². The maximum atomic E-state index is 14.2. The molecule has 0 amide bonds. The Labute approximate surface area is 167 Å². The Morgan fingerprint density at radius 3 is 2.65 bits per heavy atom. The van der Waals surface area contributed by atoms with E-state index in [2.05, 4.69) is 58.5 Å². The maximum absolute atomic E-state index is 14.2. The third kappa shape index (κ3) is 5.99. The number of aliphatic imine (C=N–C) groups is 2. The van der Waals surface area contributed by atoms with E-state index in [0.29, 0.717) is 5.56 Å². The van der Waals surface area contributed by atoms with Crippen molar-refractivity contribution in [3.8, 4) is 17.0 Å². The molecular weight excluding hydrogens is 471 g/mol. The molecule has 0 aliphatic carbocycles. The maximum Gasteiger partial charge on any atom is 0.315 e. The molecule has 2 rings (SSSR count). The summed E-state index contributed by atoms with van der Waals surface area (Å²) in [5.41, 5.74) is 0.795. The van der Waals surface area contributed by atoms with E-state index in [1.54, 1.807) is 24.3 Å². The first-order valence-electron chi connectivity index (χ1n) is 7.40. The molecular formula is C17H15Br2FN4O2. The number of hydrogen-bond donors (Lipinski definition) is 0. The van der Waals surface area contributed by atoms with Crippen molar-refractivity contribution in [2.75, 3.05) is 13.2 Å². The molecule has 1 heterocycles. The van der Waals surface area contributed by atoms with Gasteiger partial charge in [-0.05, 0) is 31.3 Å². The molecule has 0 saturated heterocycles. The SMILES string of the molecule is C=NC(=N/C=C(\C)Br)OCCOc1ncnc(F)c1-c1ccc(Br)cc1. The number of amidine groups is 1. The Morgan fingerprint density at radius 2 is 2.00 bits per heavy atom. The minimum Gasteiger partial charge on any atom is -0.473 e. The summed E-state index contributed by atoms with van der Waals surface area (Å²) in [5.74, 6) is -0.532. The van der Waals surface area contributed by atoms with E-state index in [1.165, 1.54) is 6.20 Å². The van der Waals surface area contributed by atoms with Gasteiger partial charge in [0.2, 0.25) is 11.8 Å². The van der Waals surface area contributed by atoms with Crippen LogP contribution >= 0.6 is 31.9 Å². The number of hydrogen-bond acceptors (Lipinski definition) is 5. The average Bonchev–Trinajstić information content (AvgIpc) is 2.62. The van der Waals surface area contributed by atoms with Crippen molar-refractivity contribution in [3.63, 3.8) is 0 Å². The standard InChI is InChI=1S/C17H15Br2FN4O2/c1-11(18)9-22-17(21-2)26-8-7-25-16-14(15(20)23-10-24-16)12-3-5-13(19)6-4-12/h3-6,9-10H,2,7-8H2,1H3/b11-9+,22-17?. The molecule has 0 fully saturated rings. The number of nitrogens with zero attached hydrogens (tertiary/aromatic N) is 4. The van der Waals surface area contributed by atoms with E-state index in [9.17, 15) is 4.39 Å². The van der Waals surface area contributed by atoms with Gasteiger partial charge in [0.05, 0.1) is 5.56 Å². The van der Waals surface area contributed by atoms with Gasteiger partial charge in [-0.15, -0.1) is 0 Å². The first kappa shape index (κ1) is 20.2. The van der Waals surface area contributed by atoms with Gasteiger partial charge < -0.3 is 9.47 Å². The Hall–Kier alpha value is -2.13. The fourth-order valence-corrected chi connectivity index (χ4v) is 2.22. The molecule has 0 spiro atoms. The Bertz CT molecular complexity index is 822. The van der Waals surface area contributed by atoms with Crippen molar-refractivity contribution in [1.29, 1.82) is 0 Å². The summed E-state index contributed by atoms with van der Waals surface area (Å²) in [6.45, 7) is 5.46. The lowest BCUT2D eigenvalue weighted by Crippen LogP contribution is -2.12. The van der Waals surface area contributed by atoms with Crippen LogP contribution in [0.2, 0.25) is 0 Å². The predicted octanol–water partition coefficient (Wildman–Crippen LogP) is 4.75. The number of rotatable bonds is 6. The Kier molecular flexibility index (Phi) is 7.86. The smallest absolute Gasteiger partial charge is 0.315 e. The summed E-state index contributed by atoms with van der Waals surface area (Å²) < 4.78 is 26.8. The van der Waals surface area contributed by atoms with E-state index < -0.39 is 5.95 Å². The predicted molar refractivity (Wildman–Crippen MR) is 106 cm³/mol. The van der Waals surface area contributed by atoms with Crippen LogP contribution in [-0.2, 0) is 4.74 Å². The van der Waals surface area contributed by atoms with Gasteiger partial charge in [0.25, 0.3) is 0 Å². The summed E-state index contributed by atoms with van der Waals surface area (Å²) in [6, 6.07) is 7.20. The molecule has 0 atom stereocenters. The lowest BCUT2D eigenvalue weighted by molar-refractivity contribution is 0.202. The highest BCUT2D eigenvalue weighted by Crippen LogP contribution is 2.30. The number of benzene rings is 1. The first-order chi connectivity index (χ1) is 12.5. The normalized spacial score (nSPS) is 12.0. The van der Waals surface area contributed by atoms with Gasteiger partial charge in [0.1, 0.15) is 19.5 Å². The van der Waals surface area contributed by atoms with Crippen LogP contribution in [0.5, 0.6) is 5.88 Å². The van der Waals surface area contributed by atoms with Gasteiger partial charge in [0.15, 0.2) is 0 Å². The third-order valence-corrected chi connectivity index (χ3v) is 3.67. The van der Waals surface area contributed by atoms with E-state index >= 15 is 0 Å². The van der Waals surface area contributed by atoms with Gasteiger partial charge >= 0.3 is 6.02 Å². The first-order valence-corrected chi connectivity index (χ1v) is 8.98. The van der Waals surface area contributed by atoms with Crippen LogP contribution in [0.1, 0.15) is 6.92 Å². The quantitative estimate of drug-likeness (QED) is 0.256. The Morgan fingerprint density at radius 1 is 1.27 bits per heavy atom. The zero-order chi connectivity index (χ0) is 18.9. The highest BCUT2D eigenvalue weighted by molar-refractivity contribution is 9.11. The molecule has 0 N–H and O–H groups in total. The molecule has 0 bridgehead atoms. The van der Waals surface area contributed by atoms with Crippen molar-refractivity contribution in [1.82, 2.24) is 9.97 Å². The van der Waals surface area contributed by atoms with Crippen molar-refractivity contribution in [2.24, 2.45) is 9.98 Å². The summed E-state index contributed by atoms with van der Waals surface area (Å²) in [7, 11) is 0. The van der Waals surface area contributed by atoms with Crippen LogP contribution in [0, 0.1) is 5.95 Å². The van der Waals surface area contributed by atoms with E-state index in [1.807, 2.05) is 6.92 Å². The topological polar surface area (TPSA) is 69.0 Å². The molecule has 2 aromatic rings. The summed E-state index contributed by atoms with van der Waals surface area (Å²) >= 11 is 6.59. The van der Waals surface area contributed by atoms with Crippen LogP contribution in [0.4, 0.5) is 4.39 Å². The minimum atomic E-state index is -0.661. The van der Waals surface area contributed by atoms with Gasteiger partial charge in [0, 0.05) is 15.2 Å². The minimum absolute atomic E-state index is 0.106. The fraction of sp³-hybridized carbons (Fsp3) is 0.176. The highest BCUT2D eigenvalue weighted by atomic mass is 79.9. The number of allylic oxidation sites excluding steroid dienone is 1. The number of ether oxygens (including phenoxy) is 2. The molecule has 26 heavy (non-hydrogen) atoms. The highest BCUT2D eigenvalue weighted by Gasteiger charge is 2.15. The molecule has 1 aromatic heterocycles. The van der Waals surface area contributed by atoms with Crippen molar-refractivity contribution >= 4 is 44.6 Å². The van der Waals surface area contributed by atoms with Crippen molar-refractivity contribution in [2.45, 2.75) is 6.92 Å². The van der Waals surface area contributed by atoms with Crippen LogP contribution in [0.25, 0.3) is 11.1 Å².